The molecule has 1 unspecified atom stereocenters. The highest BCUT2D eigenvalue weighted by Crippen LogP contribution is 2.39. The molecule has 1 N–H and O–H groups in total. The molecule has 1 atom stereocenters. The van der Waals surface area contributed by atoms with Crippen LogP contribution in [0.4, 0.5) is 10.3 Å². The lowest BCUT2D eigenvalue weighted by atomic mass is 10.0. The Morgan fingerprint density at radius 3 is 2.66 bits per heavy atom. The van der Waals surface area contributed by atoms with Crippen LogP contribution < -0.4 is 14.8 Å². The zero-order valence-electron chi connectivity index (χ0n) is 16.6. The van der Waals surface area contributed by atoms with Gasteiger partial charge in [0.1, 0.15) is 5.82 Å². The van der Waals surface area contributed by atoms with E-state index in [-0.39, 0.29) is 11.1 Å². The van der Waals surface area contributed by atoms with Crippen molar-refractivity contribution in [3.8, 4) is 22.8 Å². The predicted molar refractivity (Wildman–Crippen MR) is 113 cm³/mol. The molecule has 0 bridgehead atoms. The molecule has 0 amide bonds. The molecule has 3 aromatic rings. The van der Waals surface area contributed by atoms with Gasteiger partial charge in [0.05, 0.1) is 37.2 Å². The highest BCUT2D eigenvalue weighted by Gasteiger charge is 2.22. The number of halogens is 2. The van der Waals surface area contributed by atoms with Gasteiger partial charge in [0.2, 0.25) is 5.95 Å². The van der Waals surface area contributed by atoms with Gasteiger partial charge in [-0.25, -0.2) is 9.37 Å². The smallest absolute Gasteiger partial charge is 0.203 e. The van der Waals surface area contributed by atoms with E-state index in [1.165, 1.54) is 11.6 Å². The number of benzene rings is 2. The number of fused-ring (bicyclic) bond motifs is 3. The number of nitrogens with zero attached hydrogens (tertiary/aromatic N) is 2. The van der Waals surface area contributed by atoms with Gasteiger partial charge in [0.15, 0.2) is 11.5 Å². The summed E-state index contributed by atoms with van der Waals surface area (Å²) < 4.78 is 26.6. The Balaban J connectivity index is 1.68. The quantitative estimate of drug-likeness (QED) is 0.599. The van der Waals surface area contributed by atoms with Gasteiger partial charge in [0.25, 0.3) is 0 Å². The maximum Gasteiger partial charge on any atom is 0.203 e. The van der Waals surface area contributed by atoms with Gasteiger partial charge in [-0.2, -0.15) is 0 Å². The number of aromatic nitrogens is 2. The maximum atomic E-state index is 13.5. The first-order valence-electron chi connectivity index (χ1n) is 9.54. The molecule has 7 heteroatoms. The minimum Gasteiger partial charge on any atom is -0.493 e. The molecule has 2 heterocycles. The lowest BCUT2D eigenvalue weighted by Crippen LogP contribution is -2.12. The number of imidazole rings is 1. The second-order valence-corrected chi connectivity index (χ2v) is 7.53. The number of rotatable bonds is 5. The van der Waals surface area contributed by atoms with E-state index in [1.54, 1.807) is 26.4 Å². The minimum absolute atomic E-state index is 0.0762. The second kappa shape index (κ2) is 7.95. The SMILES string of the molecule is COc1cc2c(cc1OC)-c1cnc(NC(C)c3ccc(F)c(Cl)c3)n1CCC2. The van der Waals surface area contributed by atoms with Crippen molar-refractivity contribution in [3.05, 3.63) is 58.5 Å². The van der Waals surface area contributed by atoms with Crippen LogP contribution >= 0.6 is 11.6 Å². The van der Waals surface area contributed by atoms with Crippen molar-refractivity contribution in [2.75, 3.05) is 19.5 Å². The molecule has 29 heavy (non-hydrogen) atoms. The summed E-state index contributed by atoms with van der Waals surface area (Å²) in [5, 5.41) is 3.56. The molecule has 0 radical (unpaired) electrons. The Bertz CT molecular complexity index is 1050. The molecule has 0 saturated heterocycles. The van der Waals surface area contributed by atoms with Gasteiger partial charge in [-0.05, 0) is 55.2 Å². The van der Waals surface area contributed by atoms with Crippen molar-refractivity contribution in [1.82, 2.24) is 9.55 Å². The van der Waals surface area contributed by atoms with Crippen LogP contribution in [-0.4, -0.2) is 23.8 Å². The van der Waals surface area contributed by atoms with Crippen LogP contribution in [0.2, 0.25) is 5.02 Å². The Hall–Kier alpha value is -2.73. The highest BCUT2D eigenvalue weighted by atomic mass is 35.5. The van der Waals surface area contributed by atoms with Gasteiger partial charge in [0, 0.05) is 12.1 Å². The number of aryl methyl sites for hydroxylation is 1. The maximum absolute atomic E-state index is 13.5. The van der Waals surface area contributed by atoms with E-state index in [1.807, 2.05) is 25.3 Å². The third-order valence-electron chi connectivity index (χ3n) is 5.36. The summed E-state index contributed by atoms with van der Waals surface area (Å²) in [7, 11) is 3.29. The van der Waals surface area contributed by atoms with E-state index >= 15 is 0 Å². The predicted octanol–water partition coefficient (Wildman–Crippen LogP) is 5.48. The van der Waals surface area contributed by atoms with Gasteiger partial charge in [-0.3, -0.25) is 0 Å². The Labute approximate surface area is 174 Å². The van der Waals surface area contributed by atoms with Crippen LogP contribution in [-0.2, 0) is 13.0 Å². The lowest BCUT2D eigenvalue weighted by Gasteiger charge is -2.17. The fraction of sp³-hybridized carbons (Fsp3) is 0.318. The van der Waals surface area contributed by atoms with E-state index in [4.69, 9.17) is 21.1 Å². The molecule has 4 rings (SSSR count). The molecule has 0 saturated carbocycles. The topological polar surface area (TPSA) is 48.3 Å². The molecule has 1 aliphatic rings. The fourth-order valence-corrected chi connectivity index (χ4v) is 3.97. The normalized spacial score (nSPS) is 13.8. The first-order chi connectivity index (χ1) is 14.0. The van der Waals surface area contributed by atoms with E-state index in [0.29, 0.717) is 5.75 Å². The molecular weight excluding hydrogens is 393 g/mol. The van der Waals surface area contributed by atoms with Crippen LogP contribution in [0, 0.1) is 5.82 Å². The number of ether oxygens (including phenoxy) is 2. The van der Waals surface area contributed by atoms with Gasteiger partial charge in [-0.15, -0.1) is 0 Å². The summed E-state index contributed by atoms with van der Waals surface area (Å²) in [4.78, 5) is 4.61. The first-order valence-corrected chi connectivity index (χ1v) is 9.92. The van der Waals surface area contributed by atoms with Crippen molar-refractivity contribution in [3.63, 3.8) is 0 Å². The van der Waals surface area contributed by atoms with Crippen LogP contribution in [0.3, 0.4) is 0 Å². The van der Waals surface area contributed by atoms with Crippen molar-refractivity contribution >= 4 is 17.5 Å². The number of nitrogens with one attached hydrogen (secondary N) is 1. The lowest BCUT2D eigenvalue weighted by molar-refractivity contribution is 0.354. The molecule has 5 nitrogen and oxygen atoms in total. The zero-order valence-corrected chi connectivity index (χ0v) is 17.4. The summed E-state index contributed by atoms with van der Waals surface area (Å²) in [6.07, 6.45) is 3.81. The second-order valence-electron chi connectivity index (χ2n) is 7.13. The van der Waals surface area contributed by atoms with Crippen molar-refractivity contribution < 1.29 is 13.9 Å². The van der Waals surface area contributed by atoms with Crippen LogP contribution in [0.5, 0.6) is 11.5 Å². The van der Waals surface area contributed by atoms with E-state index in [0.717, 1.165) is 47.9 Å². The molecule has 152 valence electrons. The molecule has 2 aromatic carbocycles. The number of methoxy groups -OCH3 is 2. The van der Waals surface area contributed by atoms with Crippen LogP contribution in [0.25, 0.3) is 11.3 Å². The number of hydrogen-bond donors (Lipinski definition) is 1. The third-order valence-corrected chi connectivity index (χ3v) is 5.65. The van der Waals surface area contributed by atoms with Crippen LogP contribution in [0.15, 0.2) is 36.5 Å². The van der Waals surface area contributed by atoms with Gasteiger partial charge < -0.3 is 19.4 Å². The molecule has 0 fully saturated rings. The molecule has 0 spiro atoms. The first kappa shape index (κ1) is 19.6. The van der Waals surface area contributed by atoms with E-state index < -0.39 is 5.82 Å². The number of hydrogen-bond acceptors (Lipinski definition) is 4. The molecule has 1 aliphatic heterocycles. The highest BCUT2D eigenvalue weighted by molar-refractivity contribution is 6.30. The summed E-state index contributed by atoms with van der Waals surface area (Å²) in [5.74, 6) is 1.79. The van der Waals surface area contributed by atoms with Crippen molar-refractivity contribution in [1.29, 1.82) is 0 Å². The van der Waals surface area contributed by atoms with Crippen molar-refractivity contribution in [2.24, 2.45) is 0 Å². The summed E-state index contributed by atoms with van der Waals surface area (Å²) in [6.45, 7) is 2.84. The summed E-state index contributed by atoms with van der Waals surface area (Å²) in [6, 6.07) is 8.75. The molecular formula is C22H23ClFN3O2. The number of anilines is 1. The summed E-state index contributed by atoms with van der Waals surface area (Å²) >= 11 is 5.94. The van der Waals surface area contributed by atoms with Gasteiger partial charge >= 0.3 is 0 Å². The minimum atomic E-state index is -0.418. The van der Waals surface area contributed by atoms with E-state index in [2.05, 4.69) is 14.9 Å². The fourth-order valence-electron chi connectivity index (χ4n) is 3.78. The largest absolute Gasteiger partial charge is 0.493 e. The van der Waals surface area contributed by atoms with Crippen molar-refractivity contribution in [2.45, 2.75) is 32.4 Å². The van der Waals surface area contributed by atoms with Gasteiger partial charge in [-0.1, -0.05) is 17.7 Å². The average Bonchev–Trinajstić information content (AvgIpc) is 3.02. The van der Waals surface area contributed by atoms with E-state index in [9.17, 15) is 4.39 Å². The standard InChI is InChI=1S/C22H23ClFN3O2/c1-13(14-6-7-18(24)17(23)9-14)26-22-25-12-19-16-11-21(29-3)20(28-2)10-15(16)5-4-8-27(19)22/h6-7,9-13H,4-5,8H2,1-3H3,(H,25,26). The monoisotopic (exact) mass is 415 g/mol. The zero-order chi connectivity index (χ0) is 20.5. The molecule has 0 aliphatic carbocycles. The Morgan fingerprint density at radius 2 is 1.93 bits per heavy atom. The molecule has 1 aromatic heterocycles. The Morgan fingerprint density at radius 1 is 1.17 bits per heavy atom. The Kier molecular flexibility index (Phi) is 5.37. The van der Waals surface area contributed by atoms with Crippen LogP contribution in [0.1, 0.15) is 30.5 Å². The third kappa shape index (κ3) is 3.65. The average molecular weight is 416 g/mol. The summed E-state index contributed by atoms with van der Waals surface area (Å²) in [5.41, 5.74) is 4.24.